The number of benzene rings is 2. The zero-order valence-corrected chi connectivity index (χ0v) is 19.0. The molecular weight excluding hydrogens is 434 g/mol. The summed E-state index contributed by atoms with van der Waals surface area (Å²) in [4.78, 5) is 40.9. The highest BCUT2D eigenvalue weighted by atomic mass is 35.5. The van der Waals surface area contributed by atoms with E-state index in [1.807, 2.05) is 37.3 Å². The Morgan fingerprint density at radius 1 is 0.909 bits per heavy atom. The molecule has 4 nitrogen and oxygen atoms in total. The van der Waals surface area contributed by atoms with Crippen molar-refractivity contribution in [3.8, 4) is 0 Å². The minimum Gasteiger partial charge on any atom is -0.294 e. The Kier molecular flexibility index (Phi) is 3.98. The van der Waals surface area contributed by atoms with Gasteiger partial charge in [0.2, 0.25) is 11.8 Å². The minimum atomic E-state index is -0.177. The number of halogens is 1. The second-order valence-electron chi connectivity index (χ2n) is 10.5. The molecule has 0 radical (unpaired) electrons. The molecule has 4 fully saturated rings. The molecule has 8 atom stereocenters. The van der Waals surface area contributed by atoms with Gasteiger partial charge in [-0.3, -0.25) is 19.3 Å². The third kappa shape index (κ3) is 2.73. The molecule has 7 unspecified atom stereocenters. The van der Waals surface area contributed by atoms with Crippen LogP contribution >= 0.6 is 11.6 Å². The highest BCUT2D eigenvalue weighted by Gasteiger charge is 2.67. The first-order valence-electron chi connectivity index (χ1n) is 11.9. The molecule has 0 spiro atoms. The third-order valence-electron chi connectivity index (χ3n) is 8.81. The Morgan fingerprint density at radius 3 is 2.15 bits per heavy atom. The zero-order valence-electron chi connectivity index (χ0n) is 18.3. The number of allylic oxidation sites excluding steroid dienone is 2. The van der Waals surface area contributed by atoms with Crippen LogP contribution < -0.4 is 4.90 Å². The van der Waals surface area contributed by atoms with E-state index in [9.17, 15) is 14.4 Å². The first-order chi connectivity index (χ1) is 15.9. The Hall–Kier alpha value is -2.72. The molecule has 1 saturated heterocycles. The number of hydrogen-bond acceptors (Lipinski definition) is 3. The van der Waals surface area contributed by atoms with Gasteiger partial charge >= 0.3 is 0 Å². The van der Waals surface area contributed by atoms with Crippen LogP contribution in [0.4, 0.5) is 5.69 Å². The fourth-order valence-corrected chi connectivity index (χ4v) is 7.06. The van der Waals surface area contributed by atoms with Gasteiger partial charge in [-0.25, -0.2) is 0 Å². The van der Waals surface area contributed by atoms with Gasteiger partial charge in [-0.05, 0) is 90.8 Å². The molecule has 0 aromatic heterocycles. The Labute approximate surface area is 197 Å². The van der Waals surface area contributed by atoms with Gasteiger partial charge in [-0.2, -0.15) is 0 Å². The summed E-state index contributed by atoms with van der Waals surface area (Å²) in [5.41, 5.74) is 3.36. The maximum atomic E-state index is 13.3. The van der Waals surface area contributed by atoms with Crippen LogP contribution in [0.25, 0.3) is 0 Å². The number of anilines is 1. The van der Waals surface area contributed by atoms with Crippen molar-refractivity contribution in [1.82, 2.24) is 0 Å². The van der Waals surface area contributed by atoms with Crippen molar-refractivity contribution < 1.29 is 14.4 Å². The van der Waals surface area contributed by atoms with Gasteiger partial charge in [0.05, 0.1) is 17.5 Å². The summed E-state index contributed by atoms with van der Waals surface area (Å²) >= 11 is 6.10. The van der Waals surface area contributed by atoms with E-state index >= 15 is 0 Å². The number of nitrogens with zero attached hydrogens (tertiary/aromatic N) is 1. The topological polar surface area (TPSA) is 54.5 Å². The smallest absolute Gasteiger partial charge is 0.238 e. The molecule has 1 aliphatic heterocycles. The van der Waals surface area contributed by atoms with Crippen molar-refractivity contribution in [2.24, 2.45) is 41.4 Å². The van der Waals surface area contributed by atoms with Crippen molar-refractivity contribution in [1.29, 1.82) is 0 Å². The third-order valence-corrected chi connectivity index (χ3v) is 9.24. The van der Waals surface area contributed by atoms with Crippen LogP contribution in [0.5, 0.6) is 0 Å². The van der Waals surface area contributed by atoms with E-state index in [4.69, 9.17) is 11.6 Å². The van der Waals surface area contributed by atoms with Crippen LogP contribution in [0.15, 0.2) is 54.6 Å². The minimum absolute atomic E-state index is 0.0252. The van der Waals surface area contributed by atoms with Crippen LogP contribution in [0, 0.1) is 48.3 Å². The van der Waals surface area contributed by atoms with Gasteiger partial charge in [0, 0.05) is 16.5 Å². The van der Waals surface area contributed by atoms with Crippen LogP contribution in [0.2, 0.25) is 5.02 Å². The fraction of sp³-hybridized carbons (Fsp3) is 0.393. The summed E-state index contributed by atoms with van der Waals surface area (Å²) in [6.45, 7) is 1.91. The molecule has 2 aromatic rings. The number of aryl methyl sites for hydroxylation is 1. The van der Waals surface area contributed by atoms with Crippen molar-refractivity contribution >= 4 is 34.9 Å². The number of rotatable bonds is 4. The van der Waals surface area contributed by atoms with E-state index in [1.165, 1.54) is 11.3 Å². The highest BCUT2D eigenvalue weighted by Crippen LogP contribution is 2.65. The second kappa shape index (κ2) is 6.66. The fourth-order valence-electron chi connectivity index (χ4n) is 6.95. The number of imide groups is 1. The second-order valence-corrected chi connectivity index (χ2v) is 10.9. The van der Waals surface area contributed by atoms with E-state index in [2.05, 4.69) is 12.2 Å². The molecule has 2 bridgehead atoms. The van der Waals surface area contributed by atoms with Gasteiger partial charge < -0.3 is 0 Å². The molecule has 5 heteroatoms. The van der Waals surface area contributed by atoms with Crippen LogP contribution in [0.1, 0.15) is 40.2 Å². The van der Waals surface area contributed by atoms with E-state index in [-0.39, 0.29) is 53.1 Å². The Morgan fingerprint density at radius 2 is 1.55 bits per heavy atom. The zero-order chi connectivity index (χ0) is 22.6. The maximum Gasteiger partial charge on any atom is 0.238 e. The molecule has 2 aromatic carbocycles. The summed E-state index contributed by atoms with van der Waals surface area (Å²) in [7, 11) is 0. The van der Waals surface area contributed by atoms with Gasteiger partial charge in [0.15, 0.2) is 5.78 Å². The van der Waals surface area contributed by atoms with Crippen molar-refractivity contribution in [2.75, 3.05) is 4.90 Å². The van der Waals surface area contributed by atoms with Gasteiger partial charge in [0.25, 0.3) is 0 Å². The van der Waals surface area contributed by atoms with E-state index in [0.29, 0.717) is 28.1 Å². The number of carbonyl (C=O) groups is 3. The molecular formula is C28H24ClNO3. The van der Waals surface area contributed by atoms with Crippen molar-refractivity contribution in [3.63, 3.8) is 0 Å². The molecule has 5 aliphatic carbocycles. The lowest BCUT2D eigenvalue weighted by Crippen LogP contribution is -2.40. The first-order valence-corrected chi connectivity index (χ1v) is 12.3. The number of carbonyl (C=O) groups excluding carboxylic acids is 3. The van der Waals surface area contributed by atoms with E-state index < -0.39 is 0 Å². The molecule has 166 valence electrons. The first kappa shape index (κ1) is 19.7. The lowest BCUT2D eigenvalue weighted by atomic mass is 9.63. The molecule has 1 heterocycles. The van der Waals surface area contributed by atoms with Crippen LogP contribution in [0.3, 0.4) is 0 Å². The average Bonchev–Trinajstić information content (AvgIpc) is 3.74. The van der Waals surface area contributed by atoms with Crippen molar-refractivity contribution in [3.05, 3.63) is 76.3 Å². The largest absolute Gasteiger partial charge is 0.294 e. The summed E-state index contributed by atoms with van der Waals surface area (Å²) in [5.74, 6) is 1.59. The summed E-state index contributed by atoms with van der Waals surface area (Å²) < 4.78 is 0. The van der Waals surface area contributed by atoms with Gasteiger partial charge in [-0.1, -0.05) is 35.9 Å². The standard InChI is InChI=1S/C28H24ClNO3/c1-13-10-15(4-9-23(13)29)26(31)22-11-19(22)14-2-5-16(6-3-14)30-27(32)24-17-7-8-18(21-12-20(17)21)25(24)28(30)33/h2-10,17-22,24-25H,11-12H2,1H3/t17?,18?,19-,20?,21?,22?,24?,25?/m1/s1. The quantitative estimate of drug-likeness (QED) is 0.360. The summed E-state index contributed by atoms with van der Waals surface area (Å²) in [6.07, 6.45) is 6.39. The maximum absolute atomic E-state index is 13.3. The monoisotopic (exact) mass is 457 g/mol. The summed E-state index contributed by atoms with van der Waals surface area (Å²) in [5, 5.41) is 0.668. The van der Waals surface area contributed by atoms with Crippen LogP contribution in [-0.4, -0.2) is 17.6 Å². The number of amides is 2. The normalized spacial score (nSPS) is 37.2. The predicted octanol–water partition coefficient (Wildman–Crippen LogP) is 5.19. The summed E-state index contributed by atoms with van der Waals surface area (Å²) in [6, 6.07) is 13.2. The average molecular weight is 458 g/mol. The predicted molar refractivity (Wildman–Crippen MR) is 125 cm³/mol. The lowest BCUT2D eigenvalue weighted by Gasteiger charge is -2.37. The number of hydrogen-bond donors (Lipinski definition) is 0. The molecule has 8 rings (SSSR count). The number of ketones is 1. The molecule has 3 saturated carbocycles. The SMILES string of the molecule is Cc1cc(C(=O)C2C[C@@H]2c2ccc(N3C(=O)C4C5C=CC(C6CC56)C4C3=O)cc2)ccc1Cl. The number of Topliss-reactive ketones (excluding diaryl/α,β-unsaturated/α-hetero) is 1. The highest BCUT2D eigenvalue weighted by molar-refractivity contribution is 6.31. The van der Waals surface area contributed by atoms with Gasteiger partial charge in [-0.15, -0.1) is 0 Å². The van der Waals surface area contributed by atoms with Gasteiger partial charge in [0.1, 0.15) is 0 Å². The molecule has 6 aliphatic rings. The van der Waals surface area contributed by atoms with Crippen molar-refractivity contribution in [2.45, 2.75) is 25.7 Å². The van der Waals surface area contributed by atoms with E-state index in [1.54, 1.807) is 12.1 Å². The van der Waals surface area contributed by atoms with Crippen LogP contribution in [-0.2, 0) is 9.59 Å². The Balaban J connectivity index is 1.09. The molecule has 0 N–H and O–H groups in total. The molecule has 2 amide bonds. The Bertz CT molecular complexity index is 1230. The van der Waals surface area contributed by atoms with E-state index in [0.717, 1.165) is 17.5 Å². The molecule has 33 heavy (non-hydrogen) atoms. The lowest BCUT2D eigenvalue weighted by molar-refractivity contribution is -0.124.